The molecule has 0 bridgehead atoms. The summed E-state index contributed by atoms with van der Waals surface area (Å²) >= 11 is 0. The van der Waals surface area contributed by atoms with E-state index in [4.69, 9.17) is 0 Å². The van der Waals surface area contributed by atoms with Crippen molar-refractivity contribution < 1.29 is 4.79 Å². The highest BCUT2D eigenvalue weighted by molar-refractivity contribution is 5.92. The second kappa shape index (κ2) is 5.62. The second-order valence-corrected chi connectivity index (χ2v) is 7.30. The van der Waals surface area contributed by atoms with Crippen LogP contribution in [0.15, 0.2) is 12.1 Å². The van der Waals surface area contributed by atoms with Crippen molar-refractivity contribution in [2.75, 3.05) is 18.0 Å². The van der Waals surface area contributed by atoms with Gasteiger partial charge in [-0.05, 0) is 44.2 Å². The Balaban J connectivity index is 2.06. The van der Waals surface area contributed by atoms with Gasteiger partial charge >= 0.3 is 0 Å². The van der Waals surface area contributed by atoms with Gasteiger partial charge in [-0.15, -0.1) is 10.2 Å². The molecule has 2 rings (SSSR count). The summed E-state index contributed by atoms with van der Waals surface area (Å²) in [6.45, 7) is 12.4. The second-order valence-electron chi connectivity index (χ2n) is 7.30. The highest BCUT2D eigenvalue weighted by atomic mass is 16.2. The third-order valence-electron chi connectivity index (χ3n) is 4.61. The first-order valence-electron chi connectivity index (χ1n) is 7.62. The molecule has 1 aromatic heterocycles. The minimum Gasteiger partial charge on any atom is -0.355 e. The number of anilines is 1. The van der Waals surface area contributed by atoms with Crippen LogP contribution in [-0.2, 0) is 0 Å². The van der Waals surface area contributed by atoms with Crippen LogP contribution in [-0.4, -0.2) is 34.7 Å². The van der Waals surface area contributed by atoms with Gasteiger partial charge in [-0.3, -0.25) is 4.79 Å². The maximum absolute atomic E-state index is 12.3. The molecule has 2 heterocycles. The van der Waals surface area contributed by atoms with Crippen molar-refractivity contribution in [3.63, 3.8) is 0 Å². The molecule has 1 aromatic rings. The van der Waals surface area contributed by atoms with Crippen LogP contribution in [0.5, 0.6) is 0 Å². The van der Waals surface area contributed by atoms with Crippen LogP contribution in [0.3, 0.4) is 0 Å². The molecule has 1 N–H and O–H groups in total. The van der Waals surface area contributed by atoms with E-state index in [0.717, 1.165) is 18.9 Å². The van der Waals surface area contributed by atoms with Crippen molar-refractivity contribution >= 4 is 11.7 Å². The minimum absolute atomic E-state index is 0.0361. The molecule has 21 heavy (non-hydrogen) atoms. The molecule has 0 aromatic carbocycles. The number of nitrogens with zero attached hydrogens (tertiary/aromatic N) is 3. The average molecular weight is 290 g/mol. The lowest BCUT2D eigenvalue weighted by Gasteiger charge is -2.39. The van der Waals surface area contributed by atoms with Gasteiger partial charge in [0.15, 0.2) is 11.5 Å². The summed E-state index contributed by atoms with van der Waals surface area (Å²) in [6, 6.07) is 3.64. The fourth-order valence-corrected chi connectivity index (χ4v) is 2.10. The normalized spacial score (nSPS) is 16.1. The molecule has 0 atom stereocenters. The summed E-state index contributed by atoms with van der Waals surface area (Å²) in [4.78, 5) is 14.5. The number of hydrogen-bond donors (Lipinski definition) is 1. The number of hydrogen-bond acceptors (Lipinski definition) is 4. The Labute approximate surface area is 127 Å². The fourth-order valence-electron chi connectivity index (χ4n) is 2.10. The number of carbonyl (C=O) groups excluding carboxylic acids is 1. The van der Waals surface area contributed by atoms with Crippen molar-refractivity contribution in [2.45, 2.75) is 53.0 Å². The molecule has 0 spiro atoms. The quantitative estimate of drug-likeness (QED) is 0.929. The first-order chi connectivity index (χ1) is 9.71. The molecule has 5 nitrogen and oxygen atoms in total. The van der Waals surface area contributed by atoms with E-state index in [1.807, 2.05) is 19.9 Å². The zero-order valence-electron chi connectivity index (χ0n) is 13.7. The van der Waals surface area contributed by atoms with Crippen molar-refractivity contribution in [1.82, 2.24) is 15.5 Å². The van der Waals surface area contributed by atoms with Crippen molar-refractivity contribution in [3.8, 4) is 0 Å². The number of amides is 1. The summed E-state index contributed by atoms with van der Waals surface area (Å²) < 4.78 is 0. The zero-order chi connectivity index (χ0) is 15.7. The van der Waals surface area contributed by atoms with E-state index in [-0.39, 0.29) is 16.9 Å². The number of carbonyl (C=O) groups is 1. The lowest BCUT2D eigenvalue weighted by Crippen LogP contribution is -2.52. The minimum atomic E-state index is -0.320. The molecule has 1 aliphatic rings. The van der Waals surface area contributed by atoms with Crippen LogP contribution in [0.4, 0.5) is 5.82 Å². The predicted octanol–water partition coefficient (Wildman–Crippen LogP) is 2.63. The SMILES string of the molecule is CC(C)(C)C(C)(C)NC(=O)c1ccc(N2CCCC2)nn1. The Morgan fingerprint density at radius 1 is 1.10 bits per heavy atom. The molecule has 0 saturated carbocycles. The molecule has 1 fully saturated rings. The summed E-state index contributed by atoms with van der Waals surface area (Å²) in [7, 11) is 0. The summed E-state index contributed by atoms with van der Waals surface area (Å²) in [5.74, 6) is 0.689. The van der Waals surface area contributed by atoms with E-state index in [1.54, 1.807) is 6.07 Å². The Morgan fingerprint density at radius 2 is 1.71 bits per heavy atom. The van der Waals surface area contributed by atoms with Gasteiger partial charge in [0, 0.05) is 18.6 Å². The molecular weight excluding hydrogens is 264 g/mol. The molecule has 5 heteroatoms. The zero-order valence-corrected chi connectivity index (χ0v) is 13.7. The van der Waals surface area contributed by atoms with Crippen LogP contribution in [0, 0.1) is 5.41 Å². The lowest BCUT2D eigenvalue weighted by atomic mass is 9.76. The van der Waals surface area contributed by atoms with Crippen LogP contribution in [0.2, 0.25) is 0 Å². The molecule has 0 radical (unpaired) electrons. The molecule has 0 aliphatic carbocycles. The number of aromatic nitrogens is 2. The molecule has 116 valence electrons. The van der Waals surface area contributed by atoms with Gasteiger partial charge in [0.25, 0.3) is 5.91 Å². The third-order valence-corrected chi connectivity index (χ3v) is 4.61. The highest BCUT2D eigenvalue weighted by Gasteiger charge is 2.34. The summed E-state index contributed by atoms with van der Waals surface area (Å²) in [5, 5.41) is 11.3. The predicted molar refractivity (Wildman–Crippen MR) is 84.5 cm³/mol. The van der Waals surface area contributed by atoms with E-state index >= 15 is 0 Å². The maximum Gasteiger partial charge on any atom is 0.272 e. The Kier molecular flexibility index (Phi) is 4.21. The van der Waals surface area contributed by atoms with E-state index in [0.29, 0.717) is 5.69 Å². The van der Waals surface area contributed by atoms with Crippen molar-refractivity contribution in [2.24, 2.45) is 5.41 Å². The van der Waals surface area contributed by atoms with Crippen molar-refractivity contribution in [1.29, 1.82) is 0 Å². The summed E-state index contributed by atoms with van der Waals surface area (Å²) in [5.41, 5.74) is 0.0144. The third kappa shape index (κ3) is 3.52. The largest absolute Gasteiger partial charge is 0.355 e. The fraction of sp³-hybridized carbons (Fsp3) is 0.688. The molecule has 1 aliphatic heterocycles. The van der Waals surface area contributed by atoms with Gasteiger partial charge < -0.3 is 10.2 Å². The monoisotopic (exact) mass is 290 g/mol. The van der Waals surface area contributed by atoms with Crippen LogP contribution in [0.1, 0.15) is 57.9 Å². The van der Waals surface area contributed by atoms with Crippen LogP contribution >= 0.6 is 0 Å². The highest BCUT2D eigenvalue weighted by Crippen LogP contribution is 2.29. The van der Waals surface area contributed by atoms with E-state index in [2.05, 4.69) is 41.2 Å². The van der Waals surface area contributed by atoms with Crippen molar-refractivity contribution in [3.05, 3.63) is 17.8 Å². The van der Waals surface area contributed by atoms with Gasteiger partial charge in [-0.2, -0.15) is 0 Å². The van der Waals surface area contributed by atoms with Gasteiger partial charge in [0.05, 0.1) is 0 Å². The Bertz CT molecular complexity index is 496. The smallest absolute Gasteiger partial charge is 0.272 e. The lowest BCUT2D eigenvalue weighted by molar-refractivity contribution is 0.0823. The number of nitrogens with one attached hydrogen (secondary N) is 1. The van der Waals surface area contributed by atoms with E-state index in [9.17, 15) is 4.79 Å². The van der Waals surface area contributed by atoms with Gasteiger partial charge in [-0.25, -0.2) is 0 Å². The van der Waals surface area contributed by atoms with Gasteiger partial charge in [-0.1, -0.05) is 20.8 Å². The molecule has 0 unspecified atom stereocenters. The Hall–Kier alpha value is -1.65. The summed E-state index contributed by atoms with van der Waals surface area (Å²) in [6.07, 6.45) is 2.40. The standard InChI is InChI=1S/C16H26N4O/c1-15(2,3)16(4,5)17-14(21)12-8-9-13(19-18-12)20-10-6-7-11-20/h8-9H,6-7,10-11H2,1-5H3,(H,17,21). The first-order valence-corrected chi connectivity index (χ1v) is 7.62. The van der Waals surface area contributed by atoms with E-state index in [1.165, 1.54) is 12.8 Å². The molecular formula is C16H26N4O. The number of rotatable bonds is 3. The Morgan fingerprint density at radius 3 is 2.19 bits per heavy atom. The van der Waals surface area contributed by atoms with Crippen LogP contribution < -0.4 is 10.2 Å². The van der Waals surface area contributed by atoms with Gasteiger partial charge in [0.1, 0.15) is 0 Å². The van der Waals surface area contributed by atoms with Gasteiger partial charge in [0.2, 0.25) is 0 Å². The first kappa shape index (κ1) is 15.7. The topological polar surface area (TPSA) is 58.1 Å². The molecule has 1 amide bonds. The van der Waals surface area contributed by atoms with E-state index < -0.39 is 0 Å². The maximum atomic E-state index is 12.3. The average Bonchev–Trinajstić information content (AvgIpc) is 2.91. The van der Waals surface area contributed by atoms with Crippen LogP contribution in [0.25, 0.3) is 0 Å². The molecule has 1 saturated heterocycles.